The van der Waals surface area contributed by atoms with E-state index in [4.69, 9.17) is 9.05 Å². The van der Waals surface area contributed by atoms with E-state index in [-0.39, 0.29) is 17.1 Å². The molecule has 1 fully saturated rings. The van der Waals surface area contributed by atoms with Crippen LogP contribution in [0.25, 0.3) is 0 Å². The van der Waals surface area contributed by atoms with Crippen molar-refractivity contribution < 1.29 is 22.2 Å². The van der Waals surface area contributed by atoms with Crippen LogP contribution in [-0.4, -0.2) is 16.5 Å². The van der Waals surface area contributed by atoms with Gasteiger partial charge in [-0.3, -0.25) is 0 Å². The quantitative estimate of drug-likeness (QED) is 0.474. The normalized spacial score (nSPS) is 14.0. The molecule has 1 saturated carbocycles. The van der Waals surface area contributed by atoms with Gasteiger partial charge in [0.2, 0.25) is 0 Å². The molecule has 0 spiro atoms. The number of nitrogens with zero attached hydrogens (tertiary/aromatic N) is 2. The van der Waals surface area contributed by atoms with Crippen LogP contribution < -0.4 is 0 Å². The van der Waals surface area contributed by atoms with E-state index in [0.29, 0.717) is 11.6 Å². The van der Waals surface area contributed by atoms with Crippen LogP contribution in [0.4, 0.5) is 13.2 Å². The second-order valence-electron chi connectivity index (χ2n) is 9.03. The van der Waals surface area contributed by atoms with Crippen LogP contribution in [0, 0.1) is 0 Å². The summed E-state index contributed by atoms with van der Waals surface area (Å²) in [5, 5.41) is 7.69. The minimum Gasteiger partial charge on any atom is -0.361 e. The molecule has 0 saturated heterocycles. The van der Waals surface area contributed by atoms with Gasteiger partial charge in [-0.25, -0.2) is 0 Å². The van der Waals surface area contributed by atoms with Crippen LogP contribution in [0.15, 0.2) is 21.2 Å². The summed E-state index contributed by atoms with van der Waals surface area (Å²) in [5.74, 6) is 1.68. The van der Waals surface area contributed by atoms with Crippen molar-refractivity contribution in [3.8, 4) is 0 Å². The second-order valence-corrected chi connectivity index (χ2v) is 9.03. The van der Waals surface area contributed by atoms with Crippen molar-refractivity contribution in [3.63, 3.8) is 0 Å². The Labute approximate surface area is 185 Å². The molecule has 0 radical (unpaired) electrons. The Morgan fingerprint density at radius 1 is 0.871 bits per heavy atom. The molecule has 1 aliphatic carbocycles. The first-order valence-electron chi connectivity index (χ1n) is 11.2. The molecule has 0 N–H and O–H groups in total. The predicted molar refractivity (Wildman–Crippen MR) is 120 cm³/mol. The van der Waals surface area contributed by atoms with Gasteiger partial charge < -0.3 is 9.05 Å². The molecule has 0 atom stereocenters. The molecule has 0 aliphatic heterocycles. The Morgan fingerprint density at radius 2 is 1.39 bits per heavy atom. The molecule has 31 heavy (non-hydrogen) atoms. The van der Waals surface area contributed by atoms with E-state index in [0.717, 1.165) is 25.3 Å². The van der Waals surface area contributed by atoms with Crippen LogP contribution in [0.2, 0.25) is 0 Å². The van der Waals surface area contributed by atoms with Gasteiger partial charge in [-0.15, -0.1) is 0 Å². The molecule has 7 heteroatoms. The third-order valence-corrected chi connectivity index (χ3v) is 4.72. The number of alkyl halides is 3. The van der Waals surface area contributed by atoms with Gasteiger partial charge in [-0.2, -0.15) is 13.2 Å². The lowest BCUT2D eigenvalue weighted by Gasteiger charge is -2.24. The molecule has 2 heterocycles. The molecule has 0 unspecified atom stereocenters. The second kappa shape index (κ2) is 11.7. The number of aromatic nitrogens is 2. The summed E-state index contributed by atoms with van der Waals surface area (Å²) in [6.45, 7) is 20.3. The third kappa shape index (κ3) is 8.34. The van der Waals surface area contributed by atoms with E-state index >= 15 is 0 Å². The van der Waals surface area contributed by atoms with Gasteiger partial charge in [0.15, 0.2) is 5.76 Å². The van der Waals surface area contributed by atoms with Gasteiger partial charge >= 0.3 is 6.18 Å². The minimum absolute atomic E-state index is 0.0616. The van der Waals surface area contributed by atoms with Crippen molar-refractivity contribution in [2.24, 2.45) is 0 Å². The molecule has 3 rings (SSSR count). The van der Waals surface area contributed by atoms with E-state index < -0.39 is 11.6 Å². The zero-order valence-corrected chi connectivity index (χ0v) is 21.1. The van der Waals surface area contributed by atoms with Crippen LogP contribution in [0.3, 0.4) is 0 Å². The molecule has 4 nitrogen and oxygen atoms in total. The monoisotopic (exact) mass is 446 g/mol. The molecule has 0 aromatic carbocycles. The molecule has 1 aliphatic rings. The largest absolute Gasteiger partial charge is 0.401 e. The summed E-state index contributed by atoms with van der Waals surface area (Å²) in [6.07, 6.45) is -1.78. The van der Waals surface area contributed by atoms with Crippen LogP contribution >= 0.6 is 0 Å². The molecule has 180 valence electrons. The van der Waals surface area contributed by atoms with Crippen molar-refractivity contribution >= 4 is 0 Å². The van der Waals surface area contributed by atoms with Crippen molar-refractivity contribution in [3.05, 3.63) is 35.0 Å². The summed E-state index contributed by atoms with van der Waals surface area (Å²) < 4.78 is 47.9. The zero-order valence-electron chi connectivity index (χ0n) is 21.1. The number of halogens is 3. The maximum Gasteiger partial charge on any atom is 0.401 e. The average molecular weight is 447 g/mol. The lowest BCUT2D eigenvalue weighted by atomic mass is 9.89. The summed E-state index contributed by atoms with van der Waals surface area (Å²) in [5.41, 5.74) is -0.254. The van der Waals surface area contributed by atoms with Crippen molar-refractivity contribution in [2.75, 3.05) is 0 Å². The minimum atomic E-state index is -4.33. The Morgan fingerprint density at radius 3 is 1.71 bits per heavy atom. The Bertz CT molecular complexity index is 749. The molecular formula is C24H41F3N2O2. The highest BCUT2D eigenvalue weighted by molar-refractivity contribution is 5.19. The van der Waals surface area contributed by atoms with Crippen LogP contribution in [0.1, 0.15) is 124 Å². The topological polar surface area (TPSA) is 52.1 Å². The van der Waals surface area contributed by atoms with Crippen LogP contribution in [-0.2, 0) is 10.8 Å². The smallest absolute Gasteiger partial charge is 0.361 e. The molecule has 2 aromatic rings. The summed E-state index contributed by atoms with van der Waals surface area (Å²) >= 11 is 0. The zero-order chi connectivity index (χ0) is 24.6. The van der Waals surface area contributed by atoms with E-state index in [1.807, 2.05) is 41.5 Å². The van der Waals surface area contributed by atoms with Crippen LogP contribution in [0.5, 0.6) is 0 Å². The first-order chi connectivity index (χ1) is 14.2. The van der Waals surface area contributed by atoms with Gasteiger partial charge in [0, 0.05) is 23.5 Å². The van der Waals surface area contributed by atoms with Gasteiger partial charge in [0.1, 0.15) is 11.2 Å². The maximum atomic E-state index is 12.6. The maximum absolute atomic E-state index is 12.6. The molecule has 2 aromatic heterocycles. The van der Waals surface area contributed by atoms with Crippen molar-refractivity contribution in [2.45, 2.75) is 118 Å². The molecular weight excluding hydrogens is 405 g/mol. The molecule has 0 bridgehead atoms. The molecule has 0 amide bonds. The lowest BCUT2D eigenvalue weighted by molar-refractivity contribution is -0.185. The van der Waals surface area contributed by atoms with E-state index in [1.54, 1.807) is 0 Å². The van der Waals surface area contributed by atoms with Gasteiger partial charge in [-0.1, -0.05) is 72.6 Å². The average Bonchev–Trinajstić information content (AvgIpc) is 3.20. The standard InChI is InChI=1S/C10H14F3NO.C10H15NO.2C2H6/c1-6(2)7-5-8(15-14-7)9(3,4)10(11,12)13;1-10(2,3)9-6-8(12-11-9)7-4-5-7;2*1-2/h5-6H,1-4H3;6-7H,4-5H2,1-3H3;2*1-2H3. The number of hydrogen-bond donors (Lipinski definition) is 0. The fourth-order valence-corrected chi connectivity index (χ4v) is 2.20. The Kier molecular flexibility index (Phi) is 11.0. The fraction of sp³-hybridized carbons (Fsp3) is 0.750. The number of hydrogen-bond acceptors (Lipinski definition) is 4. The SMILES string of the molecule is CC.CC.CC(C)(C)c1cc(C2CC2)on1.CC(C)c1cc(C(C)(C)C(F)(F)F)on1. The van der Waals surface area contributed by atoms with Crippen molar-refractivity contribution in [1.82, 2.24) is 10.3 Å². The summed E-state index contributed by atoms with van der Waals surface area (Å²) in [7, 11) is 0. The summed E-state index contributed by atoms with van der Waals surface area (Å²) in [4.78, 5) is 0. The Hall–Kier alpha value is -1.79. The van der Waals surface area contributed by atoms with Crippen molar-refractivity contribution in [1.29, 1.82) is 0 Å². The Balaban J connectivity index is 0.000000507. The highest BCUT2D eigenvalue weighted by atomic mass is 19.4. The van der Waals surface area contributed by atoms with Gasteiger partial charge in [0.25, 0.3) is 0 Å². The summed E-state index contributed by atoms with van der Waals surface area (Å²) in [6, 6.07) is 3.48. The first-order valence-corrected chi connectivity index (χ1v) is 11.2. The van der Waals surface area contributed by atoms with E-state index in [1.165, 1.54) is 18.9 Å². The fourth-order valence-electron chi connectivity index (χ4n) is 2.20. The number of rotatable bonds is 3. The lowest BCUT2D eigenvalue weighted by Crippen LogP contribution is -2.35. The highest BCUT2D eigenvalue weighted by Gasteiger charge is 2.51. The van der Waals surface area contributed by atoms with E-state index in [9.17, 15) is 13.2 Å². The van der Waals surface area contributed by atoms with Gasteiger partial charge in [-0.05, 0) is 32.6 Å². The third-order valence-electron chi connectivity index (χ3n) is 4.72. The van der Waals surface area contributed by atoms with E-state index in [2.05, 4.69) is 37.2 Å². The van der Waals surface area contributed by atoms with Gasteiger partial charge in [0.05, 0.1) is 11.4 Å². The first kappa shape index (κ1) is 29.2. The predicted octanol–water partition coefficient (Wildman–Crippen LogP) is 8.54. The highest BCUT2D eigenvalue weighted by Crippen LogP contribution is 2.41.